The standard InChI is InChI=1S/C10H18N4O/c1-7(2)14-6-9(5-12-14)13-8(3)4-10(11)15/h5-8,13H,4H2,1-3H3,(H2,11,15). The number of carbonyl (C=O) groups excluding carboxylic acids is 1. The van der Waals surface area contributed by atoms with Crippen molar-refractivity contribution in [3.8, 4) is 0 Å². The Morgan fingerprint density at radius 1 is 1.60 bits per heavy atom. The number of hydrogen-bond donors (Lipinski definition) is 2. The largest absolute Gasteiger partial charge is 0.380 e. The first-order valence-corrected chi connectivity index (χ1v) is 5.08. The van der Waals surface area contributed by atoms with Crippen molar-refractivity contribution in [3.05, 3.63) is 12.4 Å². The smallest absolute Gasteiger partial charge is 0.219 e. The molecule has 1 heterocycles. The Balaban J connectivity index is 2.53. The van der Waals surface area contributed by atoms with Crippen molar-refractivity contribution in [1.82, 2.24) is 9.78 Å². The molecule has 5 nitrogen and oxygen atoms in total. The van der Waals surface area contributed by atoms with Crippen LogP contribution in [0.3, 0.4) is 0 Å². The fourth-order valence-electron chi connectivity index (χ4n) is 1.33. The van der Waals surface area contributed by atoms with Crippen LogP contribution in [0.1, 0.15) is 33.2 Å². The van der Waals surface area contributed by atoms with Gasteiger partial charge in [0.25, 0.3) is 0 Å². The van der Waals surface area contributed by atoms with Gasteiger partial charge in [-0.25, -0.2) is 0 Å². The van der Waals surface area contributed by atoms with E-state index in [0.717, 1.165) is 5.69 Å². The van der Waals surface area contributed by atoms with Crippen LogP contribution in [0.25, 0.3) is 0 Å². The molecule has 0 radical (unpaired) electrons. The molecule has 0 aliphatic rings. The lowest BCUT2D eigenvalue weighted by Gasteiger charge is -2.11. The van der Waals surface area contributed by atoms with Gasteiger partial charge >= 0.3 is 0 Å². The molecule has 3 N–H and O–H groups in total. The van der Waals surface area contributed by atoms with E-state index in [9.17, 15) is 4.79 Å². The molecule has 1 amide bonds. The molecule has 0 saturated carbocycles. The van der Waals surface area contributed by atoms with Gasteiger partial charge in [-0.2, -0.15) is 5.10 Å². The Hall–Kier alpha value is -1.52. The third kappa shape index (κ3) is 3.61. The fraction of sp³-hybridized carbons (Fsp3) is 0.600. The number of nitrogens with zero attached hydrogens (tertiary/aromatic N) is 2. The number of primary amides is 1. The molecule has 0 aromatic carbocycles. The van der Waals surface area contributed by atoms with E-state index in [1.807, 2.05) is 17.8 Å². The quantitative estimate of drug-likeness (QED) is 0.765. The Bertz CT molecular complexity index is 332. The highest BCUT2D eigenvalue weighted by Gasteiger charge is 2.07. The predicted molar refractivity (Wildman–Crippen MR) is 59.5 cm³/mol. The monoisotopic (exact) mass is 210 g/mol. The first-order chi connectivity index (χ1) is 6.99. The molecule has 0 bridgehead atoms. The fourth-order valence-corrected chi connectivity index (χ4v) is 1.33. The van der Waals surface area contributed by atoms with Gasteiger partial charge in [0.1, 0.15) is 0 Å². The van der Waals surface area contributed by atoms with Crippen LogP contribution < -0.4 is 11.1 Å². The Labute approximate surface area is 89.6 Å². The summed E-state index contributed by atoms with van der Waals surface area (Å²) >= 11 is 0. The van der Waals surface area contributed by atoms with Gasteiger partial charge < -0.3 is 11.1 Å². The number of nitrogens with one attached hydrogen (secondary N) is 1. The molecule has 0 aliphatic carbocycles. The number of hydrogen-bond acceptors (Lipinski definition) is 3. The van der Waals surface area contributed by atoms with Crippen LogP contribution in [-0.2, 0) is 4.79 Å². The lowest BCUT2D eigenvalue weighted by molar-refractivity contribution is -0.118. The average molecular weight is 210 g/mol. The van der Waals surface area contributed by atoms with Crippen LogP contribution in [0.15, 0.2) is 12.4 Å². The molecule has 1 aromatic rings. The number of amides is 1. The van der Waals surface area contributed by atoms with Gasteiger partial charge in [-0.3, -0.25) is 9.48 Å². The second-order valence-corrected chi connectivity index (χ2v) is 4.02. The van der Waals surface area contributed by atoms with Crippen LogP contribution in [0.5, 0.6) is 0 Å². The van der Waals surface area contributed by atoms with Gasteiger partial charge in [-0.1, -0.05) is 0 Å². The van der Waals surface area contributed by atoms with Gasteiger partial charge in [0.2, 0.25) is 5.91 Å². The molecule has 5 heteroatoms. The summed E-state index contributed by atoms with van der Waals surface area (Å²) in [6.07, 6.45) is 3.99. The second-order valence-electron chi connectivity index (χ2n) is 4.02. The van der Waals surface area contributed by atoms with Crippen molar-refractivity contribution in [2.75, 3.05) is 5.32 Å². The molecular weight excluding hydrogens is 192 g/mol. The van der Waals surface area contributed by atoms with Crippen LogP contribution in [0.2, 0.25) is 0 Å². The van der Waals surface area contributed by atoms with Gasteiger partial charge in [-0.15, -0.1) is 0 Å². The number of nitrogens with two attached hydrogens (primary N) is 1. The summed E-state index contributed by atoms with van der Waals surface area (Å²) < 4.78 is 1.86. The maximum absolute atomic E-state index is 10.7. The summed E-state index contributed by atoms with van der Waals surface area (Å²) in [6, 6.07) is 0.374. The molecule has 0 saturated heterocycles. The zero-order chi connectivity index (χ0) is 11.4. The zero-order valence-corrected chi connectivity index (χ0v) is 9.40. The zero-order valence-electron chi connectivity index (χ0n) is 9.40. The highest BCUT2D eigenvalue weighted by Crippen LogP contribution is 2.11. The maximum atomic E-state index is 10.7. The highest BCUT2D eigenvalue weighted by atomic mass is 16.1. The molecule has 0 aliphatic heterocycles. The van der Waals surface area contributed by atoms with Gasteiger partial charge in [0.15, 0.2) is 0 Å². The molecule has 0 fully saturated rings. The Morgan fingerprint density at radius 3 is 2.73 bits per heavy atom. The van der Waals surface area contributed by atoms with Crippen LogP contribution in [0.4, 0.5) is 5.69 Å². The summed E-state index contributed by atoms with van der Waals surface area (Å²) in [4.78, 5) is 10.7. The minimum absolute atomic E-state index is 0.0345. The number of carbonyl (C=O) groups is 1. The molecule has 1 aromatic heterocycles. The van der Waals surface area contributed by atoms with E-state index >= 15 is 0 Å². The average Bonchev–Trinajstić information content (AvgIpc) is 2.50. The van der Waals surface area contributed by atoms with E-state index in [2.05, 4.69) is 24.3 Å². The molecule has 1 rings (SSSR count). The Kier molecular flexibility index (Phi) is 3.71. The topological polar surface area (TPSA) is 72.9 Å². The van der Waals surface area contributed by atoms with E-state index in [1.54, 1.807) is 6.20 Å². The van der Waals surface area contributed by atoms with E-state index in [4.69, 9.17) is 5.73 Å². The summed E-state index contributed by atoms with van der Waals surface area (Å²) in [7, 11) is 0. The van der Waals surface area contributed by atoms with Crippen molar-refractivity contribution >= 4 is 11.6 Å². The Morgan fingerprint density at radius 2 is 2.27 bits per heavy atom. The van der Waals surface area contributed by atoms with Gasteiger partial charge in [0, 0.05) is 24.7 Å². The van der Waals surface area contributed by atoms with Gasteiger partial charge in [-0.05, 0) is 20.8 Å². The lowest BCUT2D eigenvalue weighted by Crippen LogP contribution is -2.23. The lowest BCUT2D eigenvalue weighted by atomic mass is 10.2. The molecule has 15 heavy (non-hydrogen) atoms. The number of anilines is 1. The van der Waals surface area contributed by atoms with E-state index < -0.39 is 0 Å². The molecule has 1 atom stereocenters. The first-order valence-electron chi connectivity index (χ1n) is 5.08. The first kappa shape index (κ1) is 11.6. The van der Waals surface area contributed by atoms with Crippen LogP contribution in [-0.4, -0.2) is 21.7 Å². The van der Waals surface area contributed by atoms with Crippen molar-refractivity contribution in [2.45, 2.75) is 39.3 Å². The molecule has 0 spiro atoms. The molecule has 84 valence electrons. The van der Waals surface area contributed by atoms with Crippen molar-refractivity contribution in [2.24, 2.45) is 5.73 Å². The summed E-state index contributed by atoms with van der Waals surface area (Å²) in [6.45, 7) is 6.03. The normalized spacial score (nSPS) is 12.8. The summed E-state index contributed by atoms with van der Waals surface area (Å²) in [5.74, 6) is -0.300. The third-order valence-electron chi connectivity index (χ3n) is 2.05. The van der Waals surface area contributed by atoms with E-state index in [1.165, 1.54) is 0 Å². The number of rotatable bonds is 5. The molecule has 1 unspecified atom stereocenters. The van der Waals surface area contributed by atoms with E-state index in [-0.39, 0.29) is 11.9 Å². The number of aromatic nitrogens is 2. The second kappa shape index (κ2) is 4.82. The highest BCUT2D eigenvalue weighted by molar-refractivity contribution is 5.74. The minimum atomic E-state index is -0.300. The predicted octanol–water partition coefficient (Wildman–Crippen LogP) is 1.14. The summed E-state index contributed by atoms with van der Waals surface area (Å²) in [5, 5.41) is 7.35. The van der Waals surface area contributed by atoms with Crippen LogP contribution in [0, 0.1) is 0 Å². The third-order valence-corrected chi connectivity index (χ3v) is 2.05. The van der Waals surface area contributed by atoms with E-state index in [0.29, 0.717) is 12.5 Å². The van der Waals surface area contributed by atoms with Crippen molar-refractivity contribution in [1.29, 1.82) is 0 Å². The van der Waals surface area contributed by atoms with Crippen LogP contribution >= 0.6 is 0 Å². The maximum Gasteiger partial charge on any atom is 0.219 e. The molecular formula is C10H18N4O. The van der Waals surface area contributed by atoms with Crippen molar-refractivity contribution in [3.63, 3.8) is 0 Å². The summed E-state index contributed by atoms with van der Waals surface area (Å²) in [5.41, 5.74) is 6.01. The SMILES string of the molecule is CC(CC(N)=O)Nc1cnn(C(C)C)c1. The minimum Gasteiger partial charge on any atom is -0.380 e. The van der Waals surface area contributed by atoms with Gasteiger partial charge in [0.05, 0.1) is 11.9 Å². The van der Waals surface area contributed by atoms with Crippen molar-refractivity contribution < 1.29 is 4.79 Å².